The van der Waals surface area contributed by atoms with Crippen LogP contribution in [0.1, 0.15) is 40.4 Å². The maximum Gasteiger partial charge on any atom is 0.179 e. The highest BCUT2D eigenvalue weighted by molar-refractivity contribution is 8.76. The molecule has 2 heterocycles. The van der Waals surface area contributed by atoms with Crippen LogP contribution in [-0.2, 0) is 13.1 Å². The van der Waals surface area contributed by atoms with Crippen LogP contribution in [0.25, 0.3) is 18.2 Å². The molecule has 0 saturated heterocycles. The average molecular weight is 722 g/mol. The van der Waals surface area contributed by atoms with Crippen LogP contribution in [0.2, 0.25) is 0 Å². The van der Waals surface area contributed by atoms with Crippen molar-refractivity contribution >= 4 is 51.2 Å². The van der Waals surface area contributed by atoms with Crippen molar-refractivity contribution in [1.82, 2.24) is 4.90 Å². The summed E-state index contributed by atoms with van der Waals surface area (Å²) in [6.45, 7) is 9.03. The minimum atomic E-state index is 0.890. The lowest BCUT2D eigenvalue weighted by Gasteiger charge is -2.27. The van der Waals surface area contributed by atoms with Gasteiger partial charge in [0.2, 0.25) is 0 Å². The van der Waals surface area contributed by atoms with E-state index in [4.69, 9.17) is 0 Å². The molecule has 6 rings (SSSR count). The van der Waals surface area contributed by atoms with Gasteiger partial charge in [-0.25, -0.2) is 0 Å². The number of hydrogen-bond donors (Lipinski definition) is 2. The van der Waals surface area contributed by atoms with Crippen LogP contribution in [0.5, 0.6) is 0 Å². The topological polar surface area (TPSA) is 31.2 Å². The van der Waals surface area contributed by atoms with Gasteiger partial charge in [0.15, 0.2) is 18.4 Å². The van der Waals surface area contributed by atoms with Gasteiger partial charge in [0.05, 0.1) is 0 Å². The van der Waals surface area contributed by atoms with Gasteiger partial charge in [-0.15, -0.1) is 0 Å². The van der Waals surface area contributed by atoms with E-state index in [2.05, 4.69) is 198 Å². The highest BCUT2D eigenvalue weighted by Gasteiger charge is 2.10. The molecule has 4 aromatic carbocycles. The molecule has 0 amide bonds. The van der Waals surface area contributed by atoms with Crippen molar-refractivity contribution in [3.8, 4) is 0 Å². The van der Waals surface area contributed by atoms with E-state index in [1.165, 1.54) is 44.8 Å². The Morgan fingerprint density at radius 2 is 1.19 bits per heavy atom. The number of anilines is 2. The van der Waals surface area contributed by atoms with Crippen molar-refractivity contribution in [2.24, 2.45) is 0 Å². The highest BCUT2D eigenvalue weighted by Crippen LogP contribution is 2.22. The summed E-state index contributed by atoms with van der Waals surface area (Å²) in [5, 5.41) is 7.11. The van der Waals surface area contributed by atoms with Crippen molar-refractivity contribution in [2.45, 2.75) is 26.9 Å². The predicted molar refractivity (Wildman–Crippen MR) is 228 cm³/mol. The Bertz CT molecular complexity index is 1970. The molecule has 0 atom stereocenters. The van der Waals surface area contributed by atoms with E-state index < -0.39 is 0 Å². The Morgan fingerprint density at radius 3 is 1.77 bits per heavy atom. The summed E-state index contributed by atoms with van der Waals surface area (Å²) in [5.74, 6) is 2.11. The predicted octanol–water partition coefficient (Wildman–Crippen LogP) is 10.8. The second-order valence-corrected chi connectivity index (χ2v) is 15.7. The molecule has 264 valence electrons. The normalized spacial score (nSPS) is 13.0. The molecule has 52 heavy (non-hydrogen) atoms. The molecule has 0 aliphatic carbocycles. The number of benzene rings is 4. The Labute approximate surface area is 318 Å². The molecule has 0 bridgehead atoms. The minimum absolute atomic E-state index is 0.890. The summed E-state index contributed by atoms with van der Waals surface area (Å²) in [7, 11) is 3.84. The van der Waals surface area contributed by atoms with Gasteiger partial charge in [-0.05, 0) is 65.1 Å². The average Bonchev–Trinajstić information content (AvgIpc) is 3.18. The van der Waals surface area contributed by atoms with E-state index in [1.54, 1.807) is 0 Å². The Morgan fingerprint density at radius 1 is 0.635 bits per heavy atom. The van der Waals surface area contributed by atoms with Crippen molar-refractivity contribution < 1.29 is 4.57 Å². The van der Waals surface area contributed by atoms with Crippen LogP contribution in [0.15, 0.2) is 157 Å². The summed E-state index contributed by atoms with van der Waals surface area (Å²) < 4.78 is 2.29. The third-order valence-corrected chi connectivity index (χ3v) is 11.4. The van der Waals surface area contributed by atoms with Crippen LogP contribution in [0.3, 0.4) is 0 Å². The number of hydrogen-bond acceptors (Lipinski definition) is 5. The number of nitrogens with one attached hydrogen (secondary N) is 2. The molecule has 1 aliphatic rings. The van der Waals surface area contributed by atoms with Crippen LogP contribution in [0, 0.1) is 6.92 Å². The first kappa shape index (κ1) is 36.9. The first-order chi connectivity index (χ1) is 25.6. The van der Waals surface area contributed by atoms with Crippen molar-refractivity contribution in [2.75, 3.05) is 41.8 Å². The second-order valence-electron chi connectivity index (χ2n) is 13.0. The number of nitrogens with zero attached hydrogens (tertiary/aromatic N) is 2. The third-order valence-electron chi connectivity index (χ3n) is 8.98. The van der Waals surface area contributed by atoms with Crippen molar-refractivity contribution in [1.29, 1.82) is 0 Å². The molecule has 0 radical (unpaired) electrons. The van der Waals surface area contributed by atoms with Gasteiger partial charge in [-0.2, -0.15) is 4.57 Å². The van der Waals surface area contributed by atoms with Gasteiger partial charge in [0.1, 0.15) is 0 Å². The molecule has 2 N–H and O–H groups in total. The SMILES string of the molecule is CC1=CC(/C=C/c2ccc(NCCSSCCNc3ccc(/C=C/c4cc[n+](Cc5ccccc5)c(C)c4)cc3)cc2)=CCN1Cc1ccccc1. The summed E-state index contributed by atoms with van der Waals surface area (Å²) in [6.07, 6.45) is 15.5. The molecule has 0 fully saturated rings. The Kier molecular flexibility index (Phi) is 13.9. The highest BCUT2D eigenvalue weighted by atomic mass is 33.1. The maximum atomic E-state index is 3.56. The molecule has 0 spiro atoms. The molecule has 0 saturated carbocycles. The zero-order valence-electron chi connectivity index (χ0n) is 30.2. The molecule has 1 aliphatic heterocycles. The lowest BCUT2D eigenvalue weighted by atomic mass is 10.1. The smallest absolute Gasteiger partial charge is 0.179 e. The van der Waals surface area contributed by atoms with E-state index in [-0.39, 0.29) is 0 Å². The largest absolute Gasteiger partial charge is 0.384 e. The van der Waals surface area contributed by atoms with Gasteiger partial charge in [0.25, 0.3) is 0 Å². The number of aryl methyl sites for hydroxylation is 1. The third kappa shape index (κ3) is 11.8. The standard InChI is InChI=1S/C46H48N4S2/c1-37-33-41(25-29-49(37)35-43-9-5-3-6-10-43)15-13-39-17-21-45(22-18-39)47-27-31-51-52-32-28-48-46-23-19-40(20-24-46)14-16-42-26-30-50(38(2)34-42)36-44-11-7-4-8-12-44/h3-26,29,33-34,48H,27-28,30-32,35-36H2,1-2H3/p+1/b16-14+. The van der Waals surface area contributed by atoms with Crippen LogP contribution < -0.4 is 15.2 Å². The van der Waals surface area contributed by atoms with Gasteiger partial charge in [-0.1, -0.05) is 137 Å². The van der Waals surface area contributed by atoms with Gasteiger partial charge in [0, 0.05) is 79.4 Å². The lowest BCUT2D eigenvalue weighted by molar-refractivity contribution is -0.694. The Balaban J connectivity index is 0.826. The molecule has 0 unspecified atom stereocenters. The molecular weight excluding hydrogens is 673 g/mol. The number of rotatable bonds is 17. The first-order valence-electron chi connectivity index (χ1n) is 18.1. The van der Waals surface area contributed by atoms with Gasteiger partial charge in [-0.3, -0.25) is 0 Å². The molecule has 4 nitrogen and oxygen atoms in total. The van der Waals surface area contributed by atoms with E-state index in [9.17, 15) is 0 Å². The zero-order chi connectivity index (χ0) is 35.8. The van der Waals surface area contributed by atoms with E-state index in [0.29, 0.717) is 0 Å². The number of allylic oxidation sites excluding steroid dienone is 4. The monoisotopic (exact) mass is 721 g/mol. The summed E-state index contributed by atoms with van der Waals surface area (Å²) in [6, 6.07) is 43.1. The van der Waals surface area contributed by atoms with Crippen LogP contribution >= 0.6 is 21.6 Å². The zero-order valence-corrected chi connectivity index (χ0v) is 31.9. The minimum Gasteiger partial charge on any atom is -0.384 e. The maximum absolute atomic E-state index is 3.56. The Hall–Kier alpha value is -4.91. The summed E-state index contributed by atoms with van der Waals surface area (Å²) >= 11 is 0. The van der Waals surface area contributed by atoms with Gasteiger partial charge < -0.3 is 15.5 Å². The molecule has 1 aromatic heterocycles. The van der Waals surface area contributed by atoms with E-state index in [1.807, 2.05) is 21.6 Å². The fourth-order valence-corrected chi connectivity index (χ4v) is 7.80. The number of aromatic nitrogens is 1. The second kappa shape index (κ2) is 19.6. The first-order valence-corrected chi connectivity index (χ1v) is 20.6. The van der Waals surface area contributed by atoms with Crippen LogP contribution in [0.4, 0.5) is 11.4 Å². The molecular formula is C46H49N4S2+. The molecule has 6 heteroatoms. The van der Waals surface area contributed by atoms with Crippen molar-refractivity contribution in [3.05, 3.63) is 191 Å². The van der Waals surface area contributed by atoms with Crippen molar-refractivity contribution in [3.63, 3.8) is 0 Å². The quantitative estimate of drug-likeness (QED) is 0.0567. The fraction of sp³-hybridized carbons (Fsp3) is 0.196. The van der Waals surface area contributed by atoms with Gasteiger partial charge >= 0.3 is 0 Å². The summed E-state index contributed by atoms with van der Waals surface area (Å²) in [4.78, 5) is 2.41. The summed E-state index contributed by atoms with van der Waals surface area (Å²) in [5.41, 5.74) is 12.4. The van der Waals surface area contributed by atoms with Crippen LogP contribution in [-0.4, -0.2) is 36.0 Å². The molecule has 5 aromatic rings. The number of pyridine rings is 1. The lowest BCUT2D eigenvalue weighted by Crippen LogP contribution is -2.37. The van der Waals surface area contributed by atoms with E-state index in [0.717, 1.165) is 55.6 Å². The van der Waals surface area contributed by atoms with E-state index >= 15 is 0 Å². The fourth-order valence-electron chi connectivity index (χ4n) is 5.99.